The van der Waals surface area contributed by atoms with E-state index in [2.05, 4.69) is 16.0 Å². The number of halogens is 3. The molecule has 30 heavy (non-hydrogen) atoms. The second kappa shape index (κ2) is 8.38. The van der Waals surface area contributed by atoms with Gasteiger partial charge in [-0.3, -0.25) is 9.59 Å². The van der Waals surface area contributed by atoms with Crippen molar-refractivity contribution in [1.29, 1.82) is 0 Å². The average molecular weight is 445 g/mol. The van der Waals surface area contributed by atoms with Crippen molar-refractivity contribution < 1.29 is 35.6 Å². The number of carbonyl (C=O) groups is 2. The molecule has 1 aliphatic rings. The van der Waals surface area contributed by atoms with Crippen LogP contribution < -0.4 is 16.0 Å². The Hall–Kier alpha value is -3.02. The van der Waals surface area contributed by atoms with Gasteiger partial charge in [0, 0.05) is 17.4 Å². The summed E-state index contributed by atoms with van der Waals surface area (Å²) in [4.78, 5) is 23.9. The molecule has 2 heterocycles. The number of amides is 2. The Labute approximate surface area is 169 Å². The van der Waals surface area contributed by atoms with E-state index in [-0.39, 0.29) is 35.1 Å². The monoisotopic (exact) mass is 445 g/mol. The second-order valence-electron chi connectivity index (χ2n) is 6.71. The van der Waals surface area contributed by atoms with Gasteiger partial charge in [0.15, 0.2) is 15.6 Å². The molecule has 12 heteroatoms. The zero-order chi connectivity index (χ0) is 21.9. The van der Waals surface area contributed by atoms with Crippen LogP contribution in [-0.4, -0.2) is 44.3 Å². The minimum atomic E-state index is -4.75. The Morgan fingerprint density at radius 1 is 1.20 bits per heavy atom. The molecule has 0 saturated carbocycles. The fourth-order valence-corrected chi connectivity index (χ4v) is 4.65. The van der Waals surface area contributed by atoms with Crippen molar-refractivity contribution in [2.45, 2.75) is 18.6 Å². The molecule has 2 amide bonds. The van der Waals surface area contributed by atoms with Crippen LogP contribution in [-0.2, 0) is 20.8 Å². The molecule has 0 spiro atoms. The first-order chi connectivity index (χ1) is 14.0. The number of carbonyl (C=O) groups excluding carboxylic acids is 2. The first-order valence-electron chi connectivity index (χ1n) is 8.83. The van der Waals surface area contributed by atoms with Gasteiger partial charge in [0.05, 0.1) is 29.9 Å². The number of furan rings is 1. The number of anilines is 2. The fraction of sp³-hybridized carbons (Fsp3) is 0.333. The van der Waals surface area contributed by atoms with Gasteiger partial charge in [-0.05, 0) is 36.8 Å². The normalized spacial score (nSPS) is 18.0. The number of benzene rings is 1. The summed E-state index contributed by atoms with van der Waals surface area (Å²) in [5, 5.41) is 7.20. The summed E-state index contributed by atoms with van der Waals surface area (Å²) >= 11 is 0. The van der Waals surface area contributed by atoms with Crippen LogP contribution in [0.25, 0.3) is 0 Å². The molecule has 1 aliphatic heterocycles. The van der Waals surface area contributed by atoms with Gasteiger partial charge in [-0.1, -0.05) is 0 Å². The van der Waals surface area contributed by atoms with Gasteiger partial charge in [-0.2, -0.15) is 13.2 Å². The highest BCUT2D eigenvalue weighted by Crippen LogP contribution is 2.36. The largest absolute Gasteiger partial charge is 0.459 e. The van der Waals surface area contributed by atoms with Gasteiger partial charge in [0.2, 0.25) is 5.91 Å². The van der Waals surface area contributed by atoms with E-state index in [0.717, 1.165) is 12.1 Å². The standard InChI is InChI=1S/C18H18F3N3O5S/c19-18(20,21)13-8-11(24-17(26)15-2-1-6-29-15)3-4-14(13)22-9-16(25)23-12-5-7-30(27,28)10-12/h1-4,6,8,12,22H,5,7,9-10H2,(H,23,25)(H,24,26). The lowest BCUT2D eigenvalue weighted by Crippen LogP contribution is -2.39. The first-order valence-corrected chi connectivity index (χ1v) is 10.7. The molecule has 1 fully saturated rings. The van der Waals surface area contributed by atoms with Crippen molar-refractivity contribution in [2.24, 2.45) is 0 Å². The van der Waals surface area contributed by atoms with Gasteiger partial charge in [0.1, 0.15) is 0 Å². The fourth-order valence-electron chi connectivity index (χ4n) is 2.97. The molecule has 162 valence electrons. The molecule has 0 radical (unpaired) electrons. The first kappa shape index (κ1) is 21.7. The molecule has 3 N–H and O–H groups in total. The molecule has 0 aliphatic carbocycles. The van der Waals surface area contributed by atoms with E-state index < -0.39 is 46.0 Å². The summed E-state index contributed by atoms with van der Waals surface area (Å²) in [6.45, 7) is -0.474. The van der Waals surface area contributed by atoms with E-state index in [1.54, 1.807) is 0 Å². The molecular weight excluding hydrogens is 427 g/mol. The Bertz CT molecular complexity index is 1040. The van der Waals surface area contributed by atoms with E-state index in [0.29, 0.717) is 0 Å². The minimum Gasteiger partial charge on any atom is -0.459 e. The maximum Gasteiger partial charge on any atom is 0.418 e. The van der Waals surface area contributed by atoms with Crippen molar-refractivity contribution in [1.82, 2.24) is 5.32 Å². The van der Waals surface area contributed by atoms with E-state index in [1.165, 1.54) is 24.5 Å². The third-order valence-corrected chi connectivity index (χ3v) is 6.13. The maximum absolute atomic E-state index is 13.4. The second-order valence-corrected chi connectivity index (χ2v) is 8.94. The van der Waals surface area contributed by atoms with Gasteiger partial charge < -0.3 is 20.4 Å². The molecule has 1 aromatic carbocycles. The van der Waals surface area contributed by atoms with Crippen molar-refractivity contribution in [3.05, 3.63) is 47.9 Å². The lowest BCUT2D eigenvalue weighted by molar-refractivity contribution is -0.137. The van der Waals surface area contributed by atoms with E-state index >= 15 is 0 Å². The minimum absolute atomic E-state index is 0.0330. The average Bonchev–Trinajstić information content (AvgIpc) is 3.29. The molecule has 0 bridgehead atoms. The summed E-state index contributed by atoms with van der Waals surface area (Å²) in [7, 11) is -3.19. The number of nitrogens with one attached hydrogen (secondary N) is 3. The topological polar surface area (TPSA) is 118 Å². The number of alkyl halides is 3. The Kier molecular flexibility index (Phi) is 6.06. The lowest BCUT2D eigenvalue weighted by atomic mass is 10.1. The van der Waals surface area contributed by atoms with Crippen molar-refractivity contribution >= 4 is 33.0 Å². The van der Waals surface area contributed by atoms with E-state index in [9.17, 15) is 31.2 Å². The van der Waals surface area contributed by atoms with Gasteiger partial charge >= 0.3 is 6.18 Å². The highest BCUT2D eigenvalue weighted by atomic mass is 32.2. The Morgan fingerprint density at radius 3 is 2.57 bits per heavy atom. The smallest absolute Gasteiger partial charge is 0.418 e. The molecule has 1 saturated heterocycles. The number of rotatable bonds is 6. The van der Waals surface area contributed by atoms with E-state index in [1.807, 2.05) is 0 Å². The van der Waals surface area contributed by atoms with Crippen molar-refractivity contribution in [3.8, 4) is 0 Å². The van der Waals surface area contributed by atoms with Crippen LogP contribution in [0.4, 0.5) is 24.5 Å². The summed E-state index contributed by atoms with van der Waals surface area (Å²) in [5.74, 6) is -1.61. The molecule has 1 aromatic heterocycles. The quantitative estimate of drug-likeness (QED) is 0.628. The SMILES string of the molecule is O=C(CNc1ccc(NC(=O)c2ccco2)cc1C(F)(F)F)NC1CCS(=O)(=O)C1. The molecule has 3 rings (SSSR count). The third kappa shape index (κ3) is 5.53. The van der Waals surface area contributed by atoms with Crippen LogP contribution in [0, 0.1) is 0 Å². The number of hydrogen-bond acceptors (Lipinski definition) is 6. The van der Waals surface area contributed by atoms with Crippen LogP contribution in [0.1, 0.15) is 22.5 Å². The van der Waals surface area contributed by atoms with Gasteiger partial charge in [-0.15, -0.1) is 0 Å². The molecule has 8 nitrogen and oxygen atoms in total. The highest BCUT2D eigenvalue weighted by Gasteiger charge is 2.34. The third-order valence-electron chi connectivity index (χ3n) is 4.36. The summed E-state index contributed by atoms with van der Waals surface area (Å²) in [6, 6.07) is 5.36. The summed E-state index contributed by atoms with van der Waals surface area (Å²) in [5.41, 5.74) is -1.53. The molecular formula is C18H18F3N3O5S. The lowest BCUT2D eigenvalue weighted by Gasteiger charge is -2.17. The Morgan fingerprint density at radius 2 is 1.97 bits per heavy atom. The number of hydrogen-bond donors (Lipinski definition) is 3. The molecule has 1 unspecified atom stereocenters. The van der Waals surface area contributed by atoms with Crippen LogP contribution in [0.3, 0.4) is 0 Å². The van der Waals surface area contributed by atoms with Crippen LogP contribution in [0.5, 0.6) is 0 Å². The predicted molar refractivity (Wildman–Crippen MR) is 102 cm³/mol. The van der Waals surface area contributed by atoms with Crippen LogP contribution in [0.2, 0.25) is 0 Å². The molecule has 1 atom stereocenters. The maximum atomic E-state index is 13.4. The zero-order valence-corrected chi connectivity index (χ0v) is 16.3. The van der Waals surface area contributed by atoms with Gasteiger partial charge in [0.25, 0.3) is 5.91 Å². The van der Waals surface area contributed by atoms with Crippen LogP contribution >= 0.6 is 0 Å². The Balaban J connectivity index is 1.66. The summed E-state index contributed by atoms with van der Waals surface area (Å²) < 4.78 is 68.0. The van der Waals surface area contributed by atoms with E-state index in [4.69, 9.17) is 4.42 Å². The van der Waals surface area contributed by atoms with Crippen LogP contribution in [0.15, 0.2) is 41.0 Å². The predicted octanol–water partition coefficient (Wildman–Crippen LogP) is 2.27. The van der Waals surface area contributed by atoms with Gasteiger partial charge in [-0.25, -0.2) is 8.42 Å². The number of sulfone groups is 1. The van der Waals surface area contributed by atoms with Crippen molar-refractivity contribution in [2.75, 3.05) is 28.7 Å². The molecule has 2 aromatic rings. The summed E-state index contributed by atoms with van der Waals surface area (Å²) in [6.07, 6.45) is -3.22. The highest BCUT2D eigenvalue weighted by molar-refractivity contribution is 7.91. The van der Waals surface area contributed by atoms with Crippen molar-refractivity contribution in [3.63, 3.8) is 0 Å². The zero-order valence-electron chi connectivity index (χ0n) is 15.5.